The largest absolute Gasteiger partial charge is 0.493 e. The normalized spacial score (nSPS) is 13.7. The fraction of sp³-hybridized carbons (Fsp3) is 0.304. The number of ether oxygens (including phenoxy) is 2. The first-order chi connectivity index (χ1) is 14.6. The SMILES string of the molecule is COc1cc2c(cc1OC)CN(CCNC(=O)c1cc3ccccc3oc1=O)CC2. The Morgan fingerprint density at radius 1 is 1.10 bits per heavy atom. The summed E-state index contributed by atoms with van der Waals surface area (Å²) in [6.07, 6.45) is 0.901. The van der Waals surface area contributed by atoms with Gasteiger partial charge in [-0.3, -0.25) is 9.69 Å². The zero-order chi connectivity index (χ0) is 21.1. The molecule has 4 rings (SSSR count). The molecule has 30 heavy (non-hydrogen) atoms. The first kappa shape index (κ1) is 20.0. The molecule has 1 amide bonds. The highest BCUT2D eigenvalue weighted by molar-refractivity contribution is 5.96. The second-order valence-corrected chi connectivity index (χ2v) is 7.24. The molecule has 1 aromatic heterocycles. The first-order valence-electron chi connectivity index (χ1n) is 9.86. The molecule has 2 aromatic carbocycles. The first-order valence-corrected chi connectivity index (χ1v) is 9.86. The van der Waals surface area contributed by atoms with Gasteiger partial charge in [0.15, 0.2) is 11.5 Å². The summed E-state index contributed by atoms with van der Waals surface area (Å²) in [7, 11) is 3.27. The van der Waals surface area contributed by atoms with Crippen molar-refractivity contribution in [2.45, 2.75) is 13.0 Å². The van der Waals surface area contributed by atoms with Crippen LogP contribution in [0.2, 0.25) is 0 Å². The number of nitrogens with zero attached hydrogens (tertiary/aromatic N) is 1. The van der Waals surface area contributed by atoms with Crippen LogP contribution in [0.1, 0.15) is 21.5 Å². The molecule has 0 atom stereocenters. The van der Waals surface area contributed by atoms with E-state index in [4.69, 9.17) is 13.9 Å². The number of nitrogens with one attached hydrogen (secondary N) is 1. The molecule has 1 aliphatic rings. The third kappa shape index (κ3) is 4.02. The minimum absolute atomic E-state index is 0.0227. The van der Waals surface area contributed by atoms with E-state index in [2.05, 4.69) is 10.2 Å². The third-order valence-electron chi connectivity index (χ3n) is 5.40. The number of methoxy groups -OCH3 is 2. The average Bonchev–Trinajstić information content (AvgIpc) is 2.77. The van der Waals surface area contributed by atoms with Crippen molar-refractivity contribution in [3.8, 4) is 11.5 Å². The minimum Gasteiger partial charge on any atom is -0.493 e. The molecule has 0 aliphatic carbocycles. The van der Waals surface area contributed by atoms with E-state index in [1.807, 2.05) is 24.3 Å². The van der Waals surface area contributed by atoms with Crippen LogP contribution in [-0.4, -0.2) is 44.7 Å². The predicted octanol–water partition coefficient (Wildman–Crippen LogP) is 2.60. The Kier molecular flexibility index (Phi) is 5.72. The van der Waals surface area contributed by atoms with Gasteiger partial charge in [0.05, 0.1) is 14.2 Å². The molecule has 0 unspecified atom stereocenters. The van der Waals surface area contributed by atoms with Crippen LogP contribution in [0.15, 0.2) is 51.7 Å². The van der Waals surface area contributed by atoms with Gasteiger partial charge < -0.3 is 19.2 Å². The van der Waals surface area contributed by atoms with Crippen LogP contribution in [0.5, 0.6) is 11.5 Å². The van der Waals surface area contributed by atoms with Crippen molar-refractivity contribution < 1.29 is 18.7 Å². The number of amides is 1. The third-order valence-corrected chi connectivity index (χ3v) is 5.40. The number of rotatable bonds is 6. The predicted molar refractivity (Wildman–Crippen MR) is 113 cm³/mol. The molecule has 0 saturated carbocycles. The van der Waals surface area contributed by atoms with Crippen molar-refractivity contribution in [2.75, 3.05) is 33.9 Å². The molecule has 0 spiro atoms. The monoisotopic (exact) mass is 408 g/mol. The van der Waals surface area contributed by atoms with Crippen molar-refractivity contribution in [1.82, 2.24) is 10.2 Å². The van der Waals surface area contributed by atoms with Gasteiger partial charge in [-0.2, -0.15) is 0 Å². The summed E-state index contributed by atoms with van der Waals surface area (Å²) in [6.45, 7) is 2.77. The Hall–Kier alpha value is -3.32. The van der Waals surface area contributed by atoms with Crippen LogP contribution < -0.4 is 20.4 Å². The molecule has 0 saturated heterocycles. The summed E-state index contributed by atoms with van der Waals surface area (Å²) in [5.74, 6) is 1.04. The van der Waals surface area contributed by atoms with E-state index in [0.717, 1.165) is 36.4 Å². The fourth-order valence-corrected chi connectivity index (χ4v) is 3.78. The van der Waals surface area contributed by atoms with Crippen molar-refractivity contribution >= 4 is 16.9 Å². The second kappa shape index (κ2) is 8.59. The molecule has 1 N–H and O–H groups in total. The van der Waals surface area contributed by atoms with Crippen LogP contribution in [0, 0.1) is 0 Å². The zero-order valence-electron chi connectivity index (χ0n) is 17.1. The number of hydrogen-bond donors (Lipinski definition) is 1. The standard InChI is InChI=1S/C23H24N2O5/c1-28-20-12-15-7-9-25(14-17(15)13-21(20)29-2)10-8-24-22(26)18-11-16-5-3-4-6-19(16)30-23(18)27/h3-6,11-13H,7-10,14H2,1-2H3,(H,24,26). The van der Waals surface area contributed by atoms with Crippen molar-refractivity contribution in [2.24, 2.45) is 0 Å². The lowest BCUT2D eigenvalue weighted by atomic mass is 9.99. The minimum atomic E-state index is -0.626. The van der Waals surface area contributed by atoms with Crippen molar-refractivity contribution in [3.05, 3.63) is 69.6 Å². The highest BCUT2D eigenvalue weighted by Gasteiger charge is 2.20. The van der Waals surface area contributed by atoms with Crippen molar-refractivity contribution in [1.29, 1.82) is 0 Å². The smallest absolute Gasteiger partial charge is 0.349 e. The van der Waals surface area contributed by atoms with Gasteiger partial charge in [0, 0.05) is 31.6 Å². The topological polar surface area (TPSA) is 81.0 Å². The van der Waals surface area contributed by atoms with Crippen LogP contribution in [0.3, 0.4) is 0 Å². The fourth-order valence-electron chi connectivity index (χ4n) is 3.78. The van der Waals surface area contributed by atoms with Crippen LogP contribution in [0.4, 0.5) is 0 Å². The van der Waals surface area contributed by atoms with E-state index in [9.17, 15) is 9.59 Å². The number of fused-ring (bicyclic) bond motifs is 2. The number of para-hydroxylation sites is 1. The van der Waals surface area contributed by atoms with Gasteiger partial charge in [-0.15, -0.1) is 0 Å². The molecule has 1 aliphatic heterocycles. The van der Waals surface area contributed by atoms with Crippen LogP contribution in [0.25, 0.3) is 11.0 Å². The van der Waals surface area contributed by atoms with Gasteiger partial charge in [0.25, 0.3) is 5.91 Å². The average molecular weight is 408 g/mol. The number of benzene rings is 2. The maximum absolute atomic E-state index is 12.5. The van der Waals surface area contributed by atoms with E-state index >= 15 is 0 Å². The van der Waals surface area contributed by atoms with Gasteiger partial charge in [-0.25, -0.2) is 4.79 Å². The molecular weight excluding hydrogens is 384 g/mol. The molecule has 0 radical (unpaired) electrons. The van der Waals surface area contributed by atoms with Gasteiger partial charge in [-0.05, 0) is 41.8 Å². The summed E-state index contributed by atoms with van der Waals surface area (Å²) in [5.41, 5.74) is 2.31. The lowest BCUT2D eigenvalue weighted by molar-refractivity contribution is 0.0943. The maximum Gasteiger partial charge on any atom is 0.349 e. The van der Waals surface area contributed by atoms with E-state index in [-0.39, 0.29) is 5.56 Å². The van der Waals surface area contributed by atoms with E-state index < -0.39 is 11.5 Å². The van der Waals surface area contributed by atoms with Crippen LogP contribution in [-0.2, 0) is 13.0 Å². The van der Waals surface area contributed by atoms with E-state index in [1.54, 1.807) is 32.4 Å². The van der Waals surface area contributed by atoms with E-state index in [1.165, 1.54) is 11.1 Å². The Morgan fingerprint density at radius 2 is 1.83 bits per heavy atom. The van der Waals surface area contributed by atoms with Gasteiger partial charge in [0.2, 0.25) is 0 Å². The lowest BCUT2D eigenvalue weighted by Crippen LogP contribution is -2.38. The molecule has 7 nitrogen and oxygen atoms in total. The molecule has 0 fully saturated rings. The zero-order valence-corrected chi connectivity index (χ0v) is 17.1. The summed E-state index contributed by atoms with van der Waals surface area (Å²) in [4.78, 5) is 26.9. The van der Waals surface area contributed by atoms with Crippen LogP contribution >= 0.6 is 0 Å². The molecule has 156 valence electrons. The molecule has 0 bridgehead atoms. The van der Waals surface area contributed by atoms with E-state index in [0.29, 0.717) is 18.7 Å². The number of carbonyl (C=O) groups is 1. The summed E-state index contributed by atoms with van der Waals surface area (Å²) >= 11 is 0. The molecule has 3 aromatic rings. The van der Waals surface area contributed by atoms with Gasteiger partial charge in [0.1, 0.15) is 11.1 Å². The highest BCUT2D eigenvalue weighted by atomic mass is 16.5. The highest BCUT2D eigenvalue weighted by Crippen LogP contribution is 2.33. The molecular formula is C23H24N2O5. The maximum atomic E-state index is 12.5. The molecule has 7 heteroatoms. The Labute approximate surface area is 174 Å². The lowest BCUT2D eigenvalue weighted by Gasteiger charge is -2.29. The number of carbonyl (C=O) groups excluding carboxylic acids is 1. The van der Waals surface area contributed by atoms with Gasteiger partial charge in [-0.1, -0.05) is 18.2 Å². The Morgan fingerprint density at radius 3 is 2.60 bits per heavy atom. The summed E-state index contributed by atoms with van der Waals surface area (Å²) in [5, 5.41) is 3.55. The Balaban J connectivity index is 1.38. The summed E-state index contributed by atoms with van der Waals surface area (Å²) < 4.78 is 16.0. The number of hydrogen-bond acceptors (Lipinski definition) is 6. The Bertz CT molecular complexity index is 1140. The summed E-state index contributed by atoms with van der Waals surface area (Å²) in [6, 6.07) is 12.8. The molecule has 2 heterocycles. The van der Waals surface area contributed by atoms with Crippen molar-refractivity contribution in [3.63, 3.8) is 0 Å². The second-order valence-electron chi connectivity index (χ2n) is 7.24. The quantitative estimate of drug-likeness (QED) is 0.632. The van der Waals surface area contributed by atoms with Gasteiger partial charge >= 0.3 is 5.63 Å².